The average Bonchev–Trinajstić information content (AvgIpc) is 2.19. The summed E-state index contributed by atoms with van der Waals surface area (Å²) in [5.74, 6) is 0. The Kier molecular flexibility index (Phi) is 4.16. The number of piperidine rings is 1. The Labute approximate surface area is 81.4 Å². The minimum Gasteiger partial charge on any atom is -0.377 e. The van der Waals surface area contributed by atoms with Crippen LogP contribution in [0.1, 0.15) is 19.8 Å². The minimum absolute atomic E-state index is 0.0976. The van der Waals surface area contributed by atoms with Gasteiger partial charge in [0, 0.05) is 26.7 Å². The molecule has 0 bridgehead atoms. The van der Waals surface area contributed by atoms with Crippen molar-refractivity contribution < 1.29 is 4.74 Å². The van der Waals surface area contributed by atoms with Crippen molar-refractivity contribution in [2.75, 3.05) is 40.3 Å². The maximum absolute atomic E-state index is 5.62. The van der Waals surface area contributed by atoms with Crippen LogP contribution in [0.4, 0.5) is 0 Å². The fourth-order valence-electron chi connectivity index (χ4n) is 2.05. The highest BCUT2D eigenvalue weighted by Gasteiger charge is 2.33. The fourth-order valence-corrected chi connectivity index (χ4v) is 2.05. The molecule has 0 radical (unpaired) electrons. The molecule has 0 atom stereocenters. The molecule has 1 N–H and O–H groups in total. The van der Waals surface area contributed by atoms with Crippen molar-refractivity contribution in [1.82, 2.24) is 10.2 Å². The minimum atomic E-state index is 0.0976. The molecule has 0 amide bonds. The van der Waals surface area contributed by atoms with Gasteiger partial charge in [-0.05, 0) is 26.4 Å². The summed E-state index contributed by atoms with van der Waals surface area (Å²) in [5.41, 5.74) is 0.0976. The van der Waals surface area contributed by atoms with E-state index in [1.54, 1.807) is 0 Å². The number of rotatable bonds is 4. The molecule has 0 unspecified atom stereocenters. The van der Waals surface area contributed by atoms with E-state index in [0.29, 0.717) is 0 Å². The van der Waals surface area contributed by atoms with Crippen LogP contribution in [0.25, 0.3) is 0 Å². The molecule has 0 aromatic heterocycles. The molecule has 0 aliphatic carbocycles. The highest BCUT2D eigenvalue weighted by Crippen LogP contribution is 2.24. The Hall–Kier alpha value is -0.120. The van der Waals surface area contributed by atoms with E-state index in [0.717, 1.165) is 19.4 Å². The number of likely N-dealkylation sites (N-methyl/N-ethyl adjacent to an activating group) is 1. The van der Waals surface area contributed by atoms with Gasteiger partial charge in [-0.1, -0.05) is 6.92 Å². The van der Waals surface area contributed by atoms with E-state index >= 15 is 0 Å². The van der Waals surface area contributed by atoms with Crippen molar-refractivity contribution in [3.05, 3.63) is 0 Å². The molecule has 1 saturated heterocycles. The van der Waals surface area contributed by atoms with Crippen molar-refractivity contribution in [2.45, 2.75) is 25.4 Å². The molecule has 3 nitrogen and oxygen atoms in total. The molecule has 1 aliphatic heterocycles. The lowest BCUT2D eigenvalue weighted by Gasteiger charge is -2.40. The first-order valence-corrected chi connectivity index (χ1v) is 5.18. The van der Waals surface area contributed by atoms with Crippen LogP contribution < -0.4 is 5.32 Å². The Bertz CT molecular complexity index is 142. The number of hydrogen-bond donors (Lipinski definition) is 1. The fraction of sp³-hybridized carbons (Fsp3) is 1.00. The molecule has 1 heterocycles. The third kappa shape index (κ3) is 2.66. The van der Waals surface area contributed by atoms with Crippen molar-refractivity contribution in [3.63, 3.8) is 0 Å². The highest BCUT2D eigenvalue weighted by molar-refractivity contribution is 4.88. The van der Waals surface area contributed by atoms with Gasteiger partial charge in [-0.15, -0.1) is 0 Å². The number of hydrogen-bond acceptors (Lipinski definition) is 3. The quantitative estimate of drug-likeness (QED) is 0.699. The molecule has 1 rings (SSSR count). The van der Waals surface area contributed by atoms with E-state index in [2.05, 4.69) is 17.1 Å². The molecule has 13 heavy (non-hydrogen) atoms. The van der Waals surface area contributed by atoms with Gasteiger partial charge in [0.15, 0.2) is 0 Å². The van der Waals surface area contributed by atoms with E-state index in [-0.39, 0.29) is 5.60 Å². The van der Waals surface area contributed by atoms with E-state index in [9.17, 15) is 0 Å². The number of likely N-dealkylation sites (tertiary alicyclic amines) is 1. The summed E-state index contributed by atoms with van der Waals surface area (Å²) in [4.78, 5) is 2.48. The van der Waals surface area contributed by atoms with Gasteiger partial charge in [-0.25, -0.2) is 0 Å². The number of nitrogens with one attached hydrogen (secondary N) is 1. The van der Waals surface area contributed by atoms with Gasteiger partial charge in [0.2, 0.25) is 0 Å². The van der Waals surface area contributed by atoms with Crippen LogP contribution in [0.3, 0.4) is 0 Å². The number of methoxy groups -OCH3 is 1. The maximum Gasteiger partial charge on any atom is 0.0826 e. The molecule has 0 aromatic carbocycles. The Balaban J connectivity index is 2.42. The van der Waals surface area contributed by atoms with Crippen molar-refractivity contribution in [2.24, 2.45) is 0 Å². The van der Waals surface area contributed by atoms with Crippen molar-refractivity contribution >= 4 is 0 Å². The van der Waals surface area contributed by atoms with Crippen molar-refractivity contribution in [3.8, 4) is 0 Å². The van der Waals surface area contributed by atoms with Gasteiger partial charge in [0.1, 0.15) is 0 Å². The second-order valence-electron chi connectivity index (χ2n) is 3.85. The zero-order valence-electron chi connectivity index (χ0n) is 9.10. The molecule has 1 aliphatic rings. The lowest BCUT2D eigenvalue weighted by atomic mass is 9.91. The molecule has 0 saturated carbocycles. The van der Waals surface area contributed by atoms with Crippen LogP contribution in [-0.2, 0) is 4.74 Å². The average molecular weight is 186 g/mol. The SMILES string of the molecule is CCN1CCC(CNC)(OC)CC1. The van der Waals surface area contributed by atoms with Gasteiger partial charge >= 0.3 is 0 Å². The van der Waals surface area contributed by atoms with Gasteiger partial charge in [0.05, 0.1) is 5.60 Å². The lowest BCUT2D eigenvalue weighted by Crippen LogP contribution is -2.50. The molecule has 0 spiro atoms. The molecular weight excluding hydrogens is 164 g/mol. The second kappa shape index (κ2) is 4.94. The Morgan fingerprint density at radius 2 is 2.00 bits per heavy atom. The number of nitrogens with zero attached hydrogens (tertiary/aromatic N) is 1. The molecule has 0 aromatic rings. The molecule has 3 heteroatoms. The summed E-state index contributed by atoms with van der Waals surface area (Å²) >= 11 is 0. The third-order valence-electron chi connectivity index (χ3n) is 3.15. The monoisotopic (exact) mass is 186 g/mol. The summed E-state index contributed by atoms with van der Waals surface area (Å²) < 4.78 is 5.62. The summed E-state index contributed by atoms with van der Waals surface area (Å²) in [5, 5.41) is 3.22. The van der Waals surface area contributed by atoms with Crippen LogP contribution in [0.2, 0.25) is 0 Å². The molecule has 1 fully saturated rings. The first-order chi connectivity index (χ1) is 6.26. The van der Waals surface area contributed by atoms with E-state index < -0.39 is 0 Å². The smallest absolute Gasteiger partial charge is 0.0826 e. The second-order valence-corrected chi connectivity index (χ2v) is 3.85. The first kappa shape index (κ1) is 11.0. The topological polar surface area (TPSA) is 24.5 Å². The Morgan fingerprint density at radius 3 is 2.38 bits per heavy atom. The normalized spacial score (nSPS) is 23.3. The predicted molar refractivity (Wildman–Crippen MR) is 55.0 cm³/mol. The van der Waals surface area contributed by atoms with E-state index in [4.69, 9.17) is 4.74 Å². The van der Waals surface area contributed by atoms with Gasteiger partial charge in [0.25, 0.3) is 0 Å². The zero-order valence-corrected chi connectivity index (χ0v) is 9.10. The van der Waals surface area contributed by atoms with Crippen LogP contribution in [-0.4, -0.2) is 50.8 Å². The van der Waals surface area contributed by atoms with Crippen LogP contribution in [0.5, 0.6) is 0 Å². The Morgan fingerprint density at radius 1 is 1.38 bits per heavy atom. The summed E-state index contributed by atoms with van der Waals surface area (Å²) in [7, 11) is 3.83. The highest BCUT2D eigenvalue weighted by atomic mass is 16.5. The van der Waals surface area contributed by atoms with Gasteiger partial charge < -0.3 is 15.0 Å². The van der Waals surface area contributed by atoms with Crippen LogP contribution >= 0.6 is 0 Å². The van der Waals surface area contributed by atoms with Crippen molar-refractivity contribution in [1.29, 1.82) is 0 Å². The zero-order chi connectivity index (χ0) is 9.73. The summed E-state index contributed by atoms with van der Waals surface area (Å²) in [6.07, 6.45) is 2.30. The predicted octanol–water partition coefficient (Wildman–Crippen LogP) is 0.707. The summed E-state index contributed by atoms with van der Waals surface area (Å²) in [6, 6.07) is 0. The largest absolute Gasteiger partial charge is 0.377 e. The van der Waals surface area contributed by atoms with Crippen LogP contribution in [0, 0.1) is 0 Å². The van der Waals surface area contributed by atoms with Gasteiger partial charge in [-0.3, -0.25) is 0 Å². The molecule has 78 valence electrons. The third-order valence-corrected chi connectivity index (χ3v) is 3.15. The van der Waals surface area contributed by atoms with Gasteiger partial charge in [-0.2, -0.15) is 0 Å². The maximum atomic E-state index is 5.62. The lowest BCUT2D eigenvalue weighted by molar-refractivity contribution is -0.0533. The van der Waals surface area contributed by atoms with E-state index in [1.165, 1.54) is 19.6 Å². The van der Waals surface area contributed by atoms with E-state index in [1.807, 2.05) is 14.2 Å². The standard InChI is InChI=1S/C10H22N2O/c1-4-12-7-5-10(13-3,6-8-12)9-11-2/h11H,4-9H2,1-3H3. The summed E-state index contributed by atoms with van der Waals surface area (Å²) in [6.45, 7) is 6.70. The first-order valence-electron chi connectivity index (χ1n) is 5.18. The molecular formula is C10H22N2O. The van der Waals surface area contributed by atoms with Crippen LogP contribution in [0.15, 0.2) is 0 Å². The number of ether oxygens (including phenoxy) is 1.